The van der Waals surface area contributed by atoms with Gasteiger partial charge in [0.05, 0.1) is 28.4 Å². The summed E-state index contributed by atoms with van der Waals surface area (Å²) < 4.78 is 11.1. The van der Waals surface area contributed by atoms with Crippen molar-refractivity contribution < 1.29 is 19.4 Å². The molecule has 1 fully saturated rings. The first kappa shape index (κ1) is 22.5. The molecule has 0 unspecified atom stereocenters. The van der Waals surface area contributed by atoms with Gasteiger partial charge < -0.3 is 14.6 Å². The minimum absolute atomic E-state index is 0.0805. The Bertz CT molecular complexity index is 1000. The Morgan fingerprint density at radius 3 is 2.50 bits per heavy atom. The highest BCUT2D eigenvalue weighted by molar-refractivity contribution is 14.1. The number of hydrogen-bond acceptors (Lipinski definition) is 6. The summed E-state index contributed by atoms with van der Waals surface area (Å²) in [6.07, 6.45) is 1.81. The van der Waals surface area contributed by atoms with Crippen molar-refractivity contribution in [3.63, 3.8) is 0 Å². The third kappa shape index (κ3) is 5.10. The van der Waals surface area contributed by atoms with E-state index in [1.807, 2.05) is 52.9 Å². The Balaban J connectivity index is 1.97. The van der Waals surface area contributed by atoms with Crippen molar-refractivity contribution in [2.24, 2.45) is 10.9 Å². The zero-order valence-electron chi connectivity index (χ0n) is 17.2. The molecule has 2 aromatic rings. The van der Waals surface area contributed by atoms with Gasteiger partial charge in [-0.25, -0.2) is 4.99 Å². The second kappa shape index (κ2) is 9.74. The third-order valence-corrected chi connectivity index (χ3v) is 6.13. The highest BCUT2D eigenvalue weighted by Crippen LogP contribution is 2.37. The van der Waals surface area contributed by atoms with Gasteiger partial charge in [0.25, 0.3) is 5.91 Å². The van der Waals surface area contributed by atoms with Gasteiger partial charge in [-0.15, -0.1) is 0 Å². The number of halogens is 1. The second-order valence-corrected chi connectivity index (χ2v) is 9.24. The first-order valence-electron chi connectivity index (χ1n) is 9.33. The number of carbonyl (C=O) groups is 1. The van der Waals surface area contributed by atoms with Crippen molar-refractivity contribution in [3.05, 3.63) is 50.4 Å². The van der Waals surface area contributed by atoms with Crippen LogP contribution in [0, 0.1) is 9.49 Å². The lowest BCUT2D eigenvalue weighted by Gasteiger charge is -2.17. The van der Waals surface area contributed by atoms with Crippen molar-refractivity contribution in [2.45, 2.75) is 13.8 Å². The van der Waals surface area contributed by atoms with Gasteiger partial charge in [-0.3, -0.25) is 9.69 Å². The number of amides is 1. The fourth-order valence-corrected chi connectivity index (χ4v) is 4.50. The predicted molar refractivity (Wildman–Crippen MR) is 130 cm³/mol. The number of rotatable bonds is 6. The Morgan fingerprint density at radius 2 is 1.90 bits per heavy atom. The normalized spacial score (nSPS) is 16.7. The van der Waals surface area contributed by atoms with Gasteiger partial charge in [-0.1, -0.05) is 13.8 Å². The van der Waals surface area contributed by atoms with E-state index in [1.54, 1.807) is 24.2 Å². The van der Waals surface area contributed by atoms with E-state index in [1.165, 1.54) is 18.9 Å². The number of phenols is 1. The molecule has 2 aromatic carbocycles. The van der Waals surface area contributed by atoms with E-state index >= 15 is 0 Å². The van der Waals surface area contributed by atoms with E-state index < -0.39 is 0 Å². The van der Waals surface area contributed by atoms with Gasteiger partial charge in [0, 0.05) is 6.54 Å². The number of benzene rings is 2. The average Bonchev–Trinajstić information content (AvgIpc) is 2.99. The SMILES string of the molecule is COc1ccc(N=C2SC(=Cc3cc(I)c(O)c(OC)c3)C(=O)N2CC(C)C)cc1. The molecule has 0 aromatic heterocycles. The zero-order chi connectivity index (χ0) is 21.8. The Hall–Kier alpha value is -2.20. The maximum absolute atomic E-state index is 13.1. The van der Waals surface area contributed by atoms with E-state index in [9.17, 15) is 9.90 Å². The number of aliphatic imine (C=N–C) groups is 1. The van der Waals surface area contributed by atoms with Crippen molar-refractivity contribution >= 4 is 57.2 Å². The number of methoxy groups -OCH3 is 2. The fraction of sp³-hybridized carbons (Fsp3) is 0.273. The number of ether oxygens (including phenoxy) is 2. The number of phenolic OH excluding ortho intramolecular Hbond substituents is 1. The molecule has 1 aliphatic rings. The van der Waals surface area contributed by atoms with E-state index in [2.05, 4.69) is 13.8 Å². The van der Waals surface area contributed by atoms with Crippen LogP contribution in [0.25, 0.3) is 6.08 Å². The number of carbonyl (C=O) groups excluding carboxylic acids is 1. The van der Waals surface area contributed by atoms with Crippen LogP contribution in [0.5, 0.6) is 17.2 Å². The number of amidine groups is 1. The van der Waals surface area contributed by atoms with Crippen LogP contribution >= 0.6 is 34.4 Å². The number of hydrogen-bond donors (Lipinski definition) is 1. The van der Waals surface area contributed by atoms with Crippen molar-refractivity contribution in [2.75, 3.05) is 20.8 Å². The summed E-state index contributed by atoms with van der Waals surface area (Å²) in [7, 11) is 3.12. The molecule has 1 heterocycles. The van der Waals surface area contributed by atoms with Crippen LogP contribution in [0.1, 0.15) is 19.4 Å². The Labute approximate surface area is 194 Å². The lowest BCUT2D eigenvalue weighted by molar-refractivity contribution is -0.122. The van der Waals surface area contributed by atoms with E-state index in [4.69, 9.17) is 14.5 Å². The summed E-state index contributed by atoms with van der Waals surface area (Å²) in [5.74, 6) is 1.43. The van der Waals surface area contributed by atoms with Crippen molar-refractivity contribution in [3.8, 4) is 17.2 Å². The lowest BCUT2D eigenvalue weighted by atomic mass is 10.1. The molecule has 0 spiro atoms. The first-order chi connectivity index (χ1) is 14.3. The topological polar surface area (TPSA) is 71.4 Å². The van der Waals surface area contributed by atoms with Crippen LogP contribution in [0.2, 0.25) is 0 Å². The highest BCUT2D eigenvalue weighted by Gasteiger charge is 2.33. The molecule has 158 valence electrons. The molecule has 30 heavy (non-hydrogen) atoms. The first-order valence-corrected chi connectivity index (χ1v) is 11.2. The minimum Gasteiger partial charge on any atom is -0.504 e. The fourth-order valence-electron chi connectivity index (χ4n) is 2.87. The summed E-state index contributed by atoms with van der Waals surface area (Å²) in [6, 6.07) is 10.9. The average molecular weight is 538 g/mol. The van der Waals surface area contributed by atoms with Gasteiger partial charge in [-0.2, -0.15) is 0 Å². The van der Waals surface area contributed by atoms with Gasteiger partial charge in [-0.05, 0) is 88.3 Å². The molecule has 0 bridgehead atoms. The van der Waals surface area contributed by atoms with Crippen molar-refractivity contribution in [1.82, 2.24) is 4.90 Å². The summed E-state index contributed by atoms with van der Waals surface area (Å²) in [5.41, 5.74) is 1.53. The molecular weight excluding hydrogens is 515 g/mol. The smallest absolute Gasteiger partial charge is 0.266 e. The van der Waals surface area contributed by atoms with Crippen LogP contribution in [-0.4, -0.2) is 41.8 Å². The summed E-state index contributed by atoms with van der Waals surface area (Å²) in [4.78, 5) is 20.1. The molecule has 0 atom stereocenters. The molecule has 3 rings (SSSR count). The number of aromatic hydroxyl groups is 1. The lowest BCUT2D eigenvalue weighted by Crippen LogP contribution is -2.32. The third-order valence-electron chi connectivity index (χ3n) is 4.30. The summed E-state index contributed by atoms with van der Waals surface area (Å²) in [5, 5.41) is 10.7. The minimum atomic E-state index is -0.0805. The molecule has 0 radical (unpaired) electrons. The maximum atomic E-state index is 13.1. The molecule has 6 nitrogen and oxygen atoms in total. The maximum Gasteiger partial charge on any atom is 0.266 e. The second-order valence-electron chi connectivity index (χ2n) is 7.07. The van der Waals surface area contributed by atoms with E-state index in [-0.39, 0.29) is 11.7 Å². The van der Waals surface area contributed by atoms with Crippen LogP contribution in [-0.2, 0) is 4.79 Å². The van der Waals surface area contributed by atoms with Gasteiger partial charge >= 0.3 is 0 Å². The van der Waals surface area contributed by atoms with Crippen LogP contribution in [0.4, 0.5) is 5.69 Å². The number of nitrogens with zero attached hydrogens (tertiary/aromatic N) is 2. The molecule has 1 aliphatic heterocycles. The standard InChI is InChI=1S/C22H23IN2O4S/c1-13(2)12-25-21(27)19(11-14-9-17(23)20(26)18(10-14)29-4)30-22(25)24-15-5-7-16(28-3)8-6-15/h5-11,13,26H,12H2,1-4H3. The van der Waals surface area contributed by atoms with Gasteiger partial charge in [0.15, 0.2) is 16.7 Å². The van der Waals surface area contributed by atoms with Crippen LogP contribution in [0.3, 0.4) is 0 Å². The van der Waals surface area contributed by atoms with Crippen molar-refractivity contribution in [1.29, 1.82) is 0 Å². The van der Waals surface area contributed by atoms with E-state index in [0.717, 1.165) is 17.0 Å². The van der Waals surface area contributed by atoms with E-state index in [0.29, 0.717) is 31.9 Å². The molecular formula is C22H23IN2O4S. The van der Waals surface area contributed by atoms with Crippen LogP contribution < -0.4 is 9.47 Å². The van der Waals surface area contributed by atoms with Gasteiger partial charge in [0.2, 0.25) is 0 Å². The monoisotopic (exact) mass is 538 g/mol. The highest BCUT2D eigenvalue weighted by atomic mass is 127. The molecule has 1 N–H and O–H groups in total. The molecule has 0 saturated carbocycles. The molecule has 1 amide bonds. The zero-order valence-corrected chi connectivity index (χ0v) is 20.2. The number of thioether (sulfide) groups is 1. The Kier molecular flexibility index (Phi) is 7.30. The Morgan fingerprint density at radius 1 is 1.20 bits per heavy atom. The van der Waals surface area contributed by atoms with Crippen LogP contribution in [0.15, 0.2) is 46.3 Å². The molecule has 1 saturated heterocycles. The summed E-state index contributed by atoms with van der Waals surface area (Å²) in [6.45, 7) is 4.71. The molecule has 8 heteroatoms. The quantitative estimate of drug-likeness (QED) is 0.401. The largest absolute Gasteiger partial charge is 0.504 e. The summed E-state index contributed by atoms with van der Waals surface area (Å²) >= 11 is 3.38. The predicted octanol–water partition coefficient (Wildman–Crippen LogP) is 5.27. The molecule has 0 aliphatic carbocycles. The van der Waals surface area contributed by atoms with Gasteiger partial charge in [0.1, 0.15) is 5.75 Å².